The number of para-hydroxylation sites is 1. The monoisotopic (exact) mass is 462 g/mol. The summed E-state index contributed by atoms with van der Waals surface area (Å²) in [6, 6.07) is 17.0. The van der Waals surface area contributed by atoms with Crippen LogP contribution in [0.15, 0.2) is 48.5 Å². The van der Waals surface area contributed by atoms with Gasteiger partial charge in [-0.3, -0.25) is 9.80 Å². The van der Waals surface area contributed by atoms with Gasteiger partial charge in [-0.2, -0.15) is 0 Å². The number of rotatable bonds is 8. The van der Waals surface area contributed by atoms with Crippen molar-refractivity contribution in [3.05, 3.63) is 65.5 Å². The maximum Gasteiger partial charge on any atom is 0.173 e. The molecule has 0 N–H and O–H groups in total. The first-order chi connectivity index (χ1) is 16.8. The summed E-state index contributed by atoms with van der Waals surface area (Å²) in [6.07, 6.45) is 5.40. The van der Waals surface area contributed by atoms with Crippen LogP contribution in [0.5, 0.6) is 11.5 Å². The molecular formula is C26H34N6O2. The van der Waals surface area contributed by atoms with E-state index < -0.39 is 0 Å². The second kappa shape index (κ2) is 10.5. The number of tetrazole rings is 1. The van der Waals surface area contributed by atoms with Gasteiger partial charge in [-0.05, 0) is 34.9 Å². The van der Waals surface area contributed by atoms with Gasteiger partial charge in [-0.1, -0.05) is 55.3 Å². The molecule has 1 aliphatic carbocycles. The second-order valence-electron chi connectivity index (χ2n) is 9.18. The fourth-order valence-corrected chi connectivity index (χ4v) is 5.53. The average molecular weight is 463 g/mol. The van der Waals surface area contributed by atoms with Crippen LogP contribution in [0.4, 0.5) is 0 Å². The summed E-state index contributed by atoms with van der Waals surface area (Å²) in [4.78, 5) is 5.17. The Hall–Kier alpha value is -2.97. The number of piperazine rings is 1. The van der Waals surface area contributed by atoms with E-state index in [1.54, 1.807) is 14.2 Å². The van der Waals surface area contributed by atoms with Gasteiger partial charge in [0.05, 0.1) is 20.8 Å². The lowest BCUT2D eigenvalue weighted by Gasteiger charge is -2.41. The van der Waals surface area contributed by atoms with Crippen molar-refractivity contribution in [1.82, 2.24) is 30.0 Å². The van der Waals surface area contributed by atoms with E-state index in [4.69, 9.17) is 9.47 Å². The van der Waals surface area contributed by atoms with Crippen molar-refractivity contribution in [3.63, 3.8) is 0 Å². The Morgan fingerprint density at radius 2 is 1.68 bits per heavy atom. The van der Waals surface area contributed by atoms with E-state index >= 15 is 0 Å². The number of nitrogens with zero attached hydrogens (tertiary/aromatic N) is 6. The van der Waals surface area contributed by atoms with Crippen LogP contribution in [0.25, 0.3) is 0 Å². The minimum absolute atomic E-state index is 0.130. The maximum atomic E-state index is 5.86. The van der Waals surface area contributed by atoms with Gasteiger partial charge in [0.1, 0.15) is 6.04 Å². The topological polar surface area (TPSA) is 68.5 Å². The van der Waals surface area contributed by atoms with Crippen LogP contribution in [-0.2, 0) is 6.54 Å². The van der Waals surface area contributed by atoms with E-state index in [-0.39, 0.29) is 6.04 Å². The molecule has 8 heteroatoms. The molecule has 1 saturated heterocycles. The van der Waals surface area contributed by atoms with Crippen molar-refractivity contribution in [3.8, 4) is 11.5 Å². The van der Waals surface area contributed by atoms with E-state index in [2.05, 4.69) is 43.5 Å². The Morgan fingerprint density at radius 1 is 0.912 bits per heavy atom. The third kappa shape index (κ3) is 4.65. The summed E-state index contributed by atoms with van der Waals surface area (Å²) in [5.41, 5.74) is 2.19. The molecule has 0 spiro atoms. The molecule has 34 heavy (non-hydrogen) atoms. The minimum Gasteiger partial charge on any atom is -0.493 e. The summed E-state index contributed by atoms with van der Waals surface area (Å²) in [5, 5.41) is 13.0. The fraction of sp³-hybridized carbons (Fsp3) is 0.500. The average Bonchev–Trinajstić information content (AvgIpc) is 3.58. The number of hydrogen-bond donors (Lipinski definition) is 0. The third-order valence-electron chi connectivity index (χ3n) is 7.26. The van der Waals surface area contributed by atoms with Gasteiger partial charge in [0.2, 0.25) is 0 Å². The molecule has 2 aromatic carbocycles. The van der Waals surface area contributed by atoms with E-state index in [1.165, 1.54) is 31.2 Å². The molecule has 0 radical (unpaired) electrons. The zero-order chi connectivity index (χ0) is 23.3. The molecule has 1 aliphatic heterocycles. The molecule has 3 aromatic rings. The molecule has 180 valence electrons. The van der Waals surface area contributed by atoms with Gasteiger partial charge in [-0.15, -0.1) is 5.10 Å². The highest BCUT2D eigenvalue weighted by molar-refractivity contribution is 5.49. The molecule has 1 saturated carbocycles. The van der Waals surface area contributed by atoms with Gasteiger partial charge in [-0.25, -0.2) is 4.68 Å². The molecular weight excluding hydrogens is 428 g/mol. The first-order valence-electron chi connectivity index (χ1n) is 12.3. The van der Waals surface area contributed by atoms with E-state index in [9.17, 15) is 0 Å². The van der Waals surface area contributed by atoms with Crippen LogP contribution in [0.3, 0.4) is 0 Å². The van der Waals surface area contributed by atoms with Crippen LogP contribution in [0.1, 0.15) is 48.7 Å². The van der Waals surface area contributed by atoms with Crippen molar-refractivity contribution < 1.29 is 9.47 Å². The zero-order valence-electron chi connectivity index (χ0n) is 20.1. The molecule has 2 heterocycles. The third-order valence-corrected chi connectivity index (χ3v) is 7.26. The highest BCUT2D eigenvalue weighted by atomic mass is 16.5. The Kier molecular flexibility index (Phi) is 7.06. The van der Waals surface area contributed by atoms with Gasteiger partial charge >= 0.3 is 0 Å². The van der Waals surface area contributed by atoms with Crippen molar-refractivity contribution >= 4 is 0 Å². The lowest BCUT2D eigenvalue weighted by Crippen LogP contribution is -2.51. The molecule has 2 fully saturated rings. The number of benzene rings is 2. The molecule has 0 bridgehead atoms. The normalized spacial score (nSPS) is 18.8. The maximum absolute atomic E-state index is 5.86. The largest absolute Gasteiger partial charge is 0.493 e. The highest BCUT2D eigenvalue weighted by Crippen LogP contribution is 2.40. The summed E-state index contributed by atoms with van der Waals surface area (Å²) in [5.74, 6) is 2.28. The number of hydrogen-bond acceptors (Lipinski definition) is 7. The standard InChI is InChI=1S/C26H34N6O2/c1-33-23-14-8-13-22(25(23)34-2)24(31-17-15-30(16-18-31)21-11-6-7-12-21)26-27-28-29-32(26)19-20-9-4-3-5-10-20/h3-5,8-10,13-14,21,24H,6-7,11-12,15-19H2,1-2H3/t24-/m0/s1. The molecule has 0 unspecified atom stereocenters. The highest BCUT2D eigenvalue weighted by Gasteiger charge is 2.35. The molecule has 8 nitrogen and oxygen atoms in total. The number of ether oxygens (including phenoxy) is 2. The van der Waals surface area contributed by atoms with Crippen LogP contribution >= 0.6 is 0 Å². The first kappa shape index (κ1) is 22.8. The van der Waals surface area contributed by atoms with E-state index in [1.807, 2.05) is 35.0 Å². The summed E-state index contributed by atoms with van der Waals surface area (Å²) < 4.78 is 13.4. The first-order valence-corrected chi connectivity index (χ1v) is 12.3. The number of aromatic nitrogens is 4. The van der Waals surface area contributed by atoms with Gasteiger partial charge in [0.15, 0.2) is 17.3 Å². The van der Waals surface area contributed by atoms with Crippen molar-refractivity contribution in [2.24, 2.45) is 0 Å². The van der Waals surface area contributed by atoms with Crippen LogP contribution in [-0.4, -0.2) is 76.4 Å². The molecule has 5 rings (SSSR count). The van der Waals surface area contributed by atoms with Crippen LogP contribution < -0.4 is 9.47 Å². The minimum atomic E-state index is -0.130. The smallest absolute Gasteiger partial charge is 0.173 e. The molecule has 2 aliphatic rings. The zero-order valence-corrected chi connectivity index (χ0v) is 20.1. The summed E-state index contributed by atoms with van der Waals surface area (Å²) in [6.45, 7) is 4.66. The molecule has 0 amide bonds. The SMILES string of the molecule is COc1cccc([C@@H](c2nnnn2Cc2ccccc2)N2CCN(C3CCCC3)CC2)c1OC. The Morgan fingerprint density at radius 3 is 2.38 bits per heavy atom. The summed E-state index contributed by atoms with van der Waals surface area (Å²) in [7, 11) is 3.37. The Labute approximate surface area is 201 Å². The lowest BCUT2D eigenvalue weighted by atomic mass is 10.0. The van der Waals surface area contributed by atoms with Crippen molar-refractivity contribution in [2.75, 3.05) is 40.4 Å². The second-order valence-corrected chi connectivity index (χ2v) is 9.18. The summed E-state index contributed by atoms with van der Waals surface area (Å²) >= 11 is 0. The van der Waals surface area contributed by atoms with E-state index in [0.29, 0.717) is 6.54 Å². The van der Waals surface area contributed by atoms with E-state index in [0.717, 1.165) is 55.1 Å². The lowest BCUT2D eigenvalue weighted by molar-refractivity contribution is 0.0763. The molecule has 1 atom stereocenters. The van der Waals surface area contributed by atoms with Crippen molar-refractivity contribution in [1.29, 1.82) is 0 Å². The Balaban J connectivity index is 1.49. The van der Waals surface area contributed by atoms with Crippen LogP contribution in [0, 0.1) is 0 Å². The quantitative estimate of drug-likeness (QED) is 0.508. The predicted octanol–water partition coefficient (Wildman–Crippen LogP) is 3.39. The van der Waals surface area contributed by atoms with Crippen molar-refractivity contribution in [2.45, 2.75) is 44.3 Å². The Bertz CT molecular complexity index is 1060. The van der Waals surface area contributed by atoms with Gasteiger partial charge < -0.3 is 9.47 Å². The number of methoxy groups -OCH3 is 2. The van der Waals surface area contributed by atoms with Gasteiger partial charge in [0, 0.05) is 37.8 Å². The van der Waals surface area contributed by atoms with Gasteiger partial charge in [0.25, 0.3) is 0 Å². The van der Waals surface area contributed by atoms with Crippen LogP contribution in [0.2, 0.25) is 0 Å². The predicted molar refractivity (Wildman–Crippen MR) is 130 cm³/mol. The fourth-order valence-electron chi connectivity index (χ4n) is 5.53. The molecule has 1 aromatic heterocycles.